The number of nitrogens with one attached hydrogen (secondary N) is 1. The Hall–Kier alpha value is -2.54. The summed E-state index contributed by atoms with van der Waals surface area (Å²) in [6, 6.07) is 8.53. The van der Waals surface area contributed by atoms with Crippen LogP contribution in [0.5, 0.6) is 5.75 Å². The Balaban J connectivity index is 2.50. The molecular formula is C16H16N2O4S. The van der Waals surface area contributed by atoms with Crippen molar-refractivity contribution in [1.82, 2.24) is 0 Å². The molecule has 2 aromatic carbocycles. The summed E-state index contributed by atoms with van der Waals surface area (Å²) in [4.78, 5) is 22.9. The summed E-state index contributed by atoms with van der Waals surface area (Å²) < 4.78 is 5.04. The van der Waals surface area contributed by atoms with Crippen molar-refractivity contribution >= 4 is 29.5 Å². The van der Waals surface area contributed by atoms with Gasteiger partial charge < -0.3 is 10.1 Å². The van der Waals surface area contributed by atoms with Crippen molar-refractivity contribution in [1.29, 1.82) is 0 Å². The first-order chi connectivity index (χ1) is 11.0. The van der Waals surface area contributed by atoms with E-state index < -0.39 is 4.92 Å². The molecule has 0 spiro atoms. The molecule has 0 aliphatic rings. The third kappa shape index (κ3) is 3.81. The summed E-state index contributed by atoms with van der Waals surface area (Å²) in [5.41, 5.74) is 2.53. The number of anilines is 1. The SMILES string of the molecule is COc1ccc(Sc2cc(C)cc(C)c2NC=O)c([N+](=O)[O-])c1. The average Bonchev–Trinajstić information content (AvgIpc) is 2.50. The highest BCUT2D eigenvalue weighted by atomic mass is 32.2. The standard InChI is InChI=1S/C16H16N2O4S/c1-10-6-11(2)16(17-9-19)15(7-10)23-14-5-4-12(22-3)8-13(14)18(20)21/h4-9H,1-3H3,(H,17,19). The van der Waals surface area contributed by atoms with E-state index >= 15 is 0 Å². The number of nitro groups is 1. The molecule has 0 unspecified atom stereocenters. The van der Waals surface area contributed by atoms with E-state index in [0.717, 1.165) is 16.0 Å². The van der Waals surface area contributed by atoms with Crippen molar-refractivity contribution in [3.63, 3.8) is 0 Å². The van der Waals surface area contributed by atoms with Crippen LogP contribution in [-0.2, 0) is 4.79 Å². The van der Waals surface area contributed by atoms with Gasteiger partial charge in [-0.1, -0.05) is 17.8 Å². The van der Waals surface area contributed by atoms with Crippen LogP contribution in [0.25, 0.3) is 0 Å². The van der Waals surface area contributed by atoms with E-state index in [0.29, 0.717) is 22.7 Å². The van der Waals surface area contributed by atoms with Gasteiger partial charge in [0.15, 0.2) is 0 Å². The molecular weight excluding hydrogens is 316 g/mol. The van der Waals surface area contributed by atoms with Crippen LogP contribution < -0.4 is 10.1 Å². The van der Waals surface area contributed by atoms with Gasteiger partial charge in [0.25, 0.3) is 5.69 Å². The van der Waals surface area contributed by atoms with Crippen LogP contribution in [0.15, 0.2) is 40.1 Å². The Bertz CT molecular complexity index is 762. The predicted molar refractivity (Wildman–Crippen MR) is 89.4 cm³/mol. The summed E-state index contributed by atoms with van der Waals surface area (Å²) in [7, 11) is 1.46. The number of hydrogen-bond acceptors (Lipinski definition) is 5. The molecule has 6 nitrogen and oxygen atoms in total. The van der Waals surface area contributed by atoms with E-state index in [1.54, 1.807) is 12.1 Å². The van der Waals surface area contributed by atoms with Crippen molar-refractivity contribution in [3.05, 3.63) is 51.6 Å². The Morgan fingerprint density at radius 3 is 2.57 bits per heavy atom. The Morgan fingerprint density at radius 2 is 1.96 bits per heavy atom. The molecule has 0 fully saturated rings. The number of methoxy groups -OCH3 is 1. The number of amides is 1. The zero-order valence-electron chi connectivity index (χ0n) is 13.0. The zero-order chi connectivity index (χ0) is 17.0. The van der Waals surface area contributed by atoms with Crippen LogP contribution in [-0.4, -0.2) is 18.4 Å². The second-order valence-corrected chi connectivity index (χ2v) is 5.99. The number of ether oxygens (including phenoxy) is 1. The minimum atomic E-state index is -0.444. The molecule has 1 N–H and O–H groups in total. The highest BCUT2D eigenvalue weighted by molar-refractivity contribution is 7.99. The quantitative estimate of drug-likeness (QED) is 0.492. The van der Waals surface area contributed by atoms with Crippen molar-refractivity contribution in [3.8, 4) is 5.75 Å². The van der Waals surface area contributed by atoms with Gasteiger partial charge in [-0.3, -0.25) is 14.9 Å². The summed E-state index contributed by atoms with van der Waals surface area (Å²) in [6.07, 6.45) is 0.601. The zero-order valence-corrected chi connectivity index (χ0v) is 13.8. The normalized spacial score (nSPS) is 10.2. The lowest BCUT2D eigenvalue weighted by atomic mass is 10.1. The molecule has 0 aromatic heterocycles. The van der Waals surface area contributed by atoms with Gasteiger partial charge in [0, 0.05) is 4.90 Å². The minimum Gasteiger partial charge on any atom is -0.497 e. The summed E-state index contributed by atoms with van der Waals surface area (Å²) in [6.45, 7) is 3.81. The molecule has 7 heteroatoms. The van der Waals surface area contributed by atoms with E-state index in [2.05, 4.69) is 5.32 Å². The third-order valence-corrected chi connectivity index (χ3v) is 4.34. The first kappa shape index (κ1) is 16.8. The number of hydrogen-bond donors (Lipinski definition) is 1. The summed E-state index contributed by atoms with van der Waals surface area (Å²) >= 11 is 1.24. The molecule has 2 rings (SSSR count). The van der Waals surface area contributed by atoms with E-state index in [9.17, 15) is 14.9 Å². The van der Waals surface area contributed by atoms with Gasteiger partial charge in [-0.2, -0.15) is 0 Å². The molecule has 0 radical (unpaired) electrons. The molecule has 1 amide bonds. The topological polar surface area (TPSA) is 81.5 Å². The van der Waals surface area contributed by atoms with Crippen molar-refractivity contribution < 1.29 is 14.5 Å². The predicted octanol–water partition coefficient (Wildman–Crippen LogP) is 3.94. The Labute approximate surface area is 138 Å². The van der Waals surface area contributed by atoms with Gasteiger partial charge in [-0.05, 0) is 43.2 Å². The molecule has 0 aliphatic heterocycles. The molecule has 0 saturated carbocycles. The van der Waals surface area contributed by atoms with Crippen molar-refractivity contribution in [2.45, 2.75) is 23.6 Å². The average molecular weight is 332 g/mol. The Kier molecular flexibility index (Phi) is 5.23. The molecule has 2 aromatic rings. The number of aryl methyl sites for hydroxylation is 2. The van der Waals surface area contributed by atoms with Gasteiger partial charge in [0.2, 0.25) is 6.41 Å². The van der Waals surface area contributed by atoms with Crippen molar-refractivity contribution in [2.24, 2.45) is 0 Å². The first-order valence-electron chi connectivity index (χ1n) is 6.78. The number of nitrogens with zero attached hydrogens (tertiary/aromatic N) is 1. The van der Waals surface area contributed by atoms with Gasteiger partial charge >= 0.3 is 0 Å². The molecule has 0 aliphatic carbocycles. The van der Waals surface area contributed by atoms with Crippen LogP contribution in [0.2, 0.25) is 0 Å². The van der Waals surface area contributed by atoms with Crippen LogP contribution >= 0.6 is 11.8 Å². The van der Waals surface area contributed by atoms with Crippen LogP contribution in [0.4, 0.5) is 11.4 Å². The molecule has 0 saturated heterocycles. The monoisotopic (exact) mass is 332 g/mol. The van der Waals surface area contributed by atoms with E-state index in [1.807, 2.05) is 26.0 Å². The van der Waals surface area contributed by atoms with E-state index in [4.69, 9.17) is 4.74 Å². The number of nitro benzene ring substituents is 1. The number of carbonyl (C=O) groups is 1. The first-order valence-corrected chi connectivity index (χ1v) is 7.59. The molecule has 120 valence electrons. The van der Waals surface area contributed by atoms with E-state index in [1.165, 1.54) is 24.9 Å². The maximum Gasteiger partial charge on any atom is 0.286 e. The summed E-state index contributed by atoms with van der Waals surface area (Å²) in [5, 5.41) is 14.0. The number of benzene rings is 2. The number of rotatable bonds is 6. The lowest BCUT2D eigenvalue weighted by molar-refractivity contribution is -0.387. The minimum absolute atomic E-state index is 0.0365. The fraction of sp³-hybridized carbons (Fsp3) is 0.188. The van der Waals surface area contributed by atoms with E-state index in [-0.39, 0.29) is 5.69 Å². The van der Waals surface area contributed by atoms with Gasteiger partial charge in [-0.15, -0.1) is 0 Å². The molecule has 0 bridgehead atoms. The molecule has 0 atom stereocenters. The lowest BCUT2D eigenvalue weighted by Crippen LogP contribution is -2.00. The summed E-state index contributed by atoms with van der Waals surface area (Å²) in [5.74, 6) is 0.424. The molecule has 0 heterocycles. The largest absolute Gasteiger partial charge is 0.497 e. The third-order valence-electron chi connectivity index (χ3n) is 3.23. The second-order valence-electron chi connectivity index (χ2n) is 4.91. The van der Waals surface area contributed by atoms with Gasteiger partial charge in [0.1, 0.15) is 5.75 Å². The molecule has 23 heavy (non-hydrogen) atoms. The maximum absolute atomic E-state index is 11.3. The van der Waals surface area contributed by atoms with Crippen molar-refractivity contribution in [2.75, 3.05) is 12.4 Å². The highest BCUT2D eigenvalue weighted by Crippen LogP contribution is 2.41. The van der Waals surface area contributed by atoms with Gasteiger partial charge in [0.05, 0.1) is 28.7 Å². The second kappa shape index (κ2) is 7.15. The van der Waals surface area contributed by atoms with Gasteiger partial charge in [-0.25, -0.2) is 0 Å². The fourth-order valence-electron chi connectivity index (χ4n) is 2.22. The number of carbonyl (C=O) groups excluding carboxylic acids is 1. The smallest absolute Gasteiger partial charge is 0.286 e. The lowest BCUT2D eigenvalue weighted by Gasteiger charge is -2.13. The van der Waals surface area contributed by atoms with Crippen LogP contribution in [0, 0.1) is 24.0 Å². The maximum atomic E-state index is 11.3. The van der Waals surface area contributed by atoms with Crippen LogP contribution in [0.3, 0.4) is 0 Å². The highest BCUT2D eigenvalue weighted by Gasteiger charge is 2.18. The fourth-order valence-corrected chi connectivity index (χ4v) is 3.40. The van der Waals surface area contributed by atoms with Crippen LogP contribution in [0.1, 0.15) is 11.1 Å². The Morgan fingerprint density at radius 1 is 1.22 bits per heavy atom.